The number of aromatic nitrogens is 1. The predicted molar refractivity (Wildman–Crippen MR) is 112 cm³/mol. The fourth-order valence-corrected chi connectivity index (χ4v) is 3.37. The zero-order valence-electron chi connectivity index (χ0n) is 15.5. The van der Waals surface area contributed by atoms with Crippen molar-refractivity contribution in [3.63, 3.8) is 0 Å². The topological polar surface area (TPSA) is 101 Å². The second-order valence-electron chi connectivity index (χ2n) is 6.21. The van der Waals surface area contributed by atoms with E-state index in [0.29, 0.717) is 22.2 Å². The van der Waals surface area contributed by atoms with Gasteiger partial charge >= 0.3 is 0 Å². The minimum Gasteiger partial charge on any atom is -0.355 e. The van der Waals surface area contributed by atoms with Gasteiger partial charge in [0.15, 0.2) is 11.5 Å². The monoisotopic (exact) mass is 431 g/mol. The van der Waals surface area contributed by atoms with Gasteiger partial charge in [-0.2, -0.15) is 0 Å². The van der Waals surface area contributed by atoms with E-state index >= 15 is 0 Å². The first kappa shape index (κ1) is 20.8. The van der Waals surface area contributed by atoms with Crippen LogP contribution in [-0.2, 0) is 21.3 Å². The van der Waals surface area contributed by atoms with Gasteiger partial charge in [0.1, 0.15) is 0 Å². The fourth-order valence-electron chi connectivity index (χ4n) is 2.56. The van der Waals surface area contributed by atoms with Crippen LogP contribution in [0.25, 0.3) is 11.3 Å². The van der Waals surface area contributed by atoms with Gasteiger partial charge in [0.25, 0.3) is 5.91 Å². The summed E-state index contributed by atoms with van der Waals surface area (Å²) in [4.78, 5) is 24.4. The van der Waals surface area contributed by atoms with E-state index < -0.39 is 22.6 Å². The van der Waals surface area contributed by atoms with Gasteiger partial charge in [-0.3, -0.25) is 13.8 Å². The van der Waals surface area contributed by atoms with Crippen LogP contribution in [0.1, 0.15) is 16.1 Å². The molecule has 2 N–H and O–H groups in total. The van der Waals surface area contributed by atoms with Gasteiger partial charge in [-0.15, -0.1) is 0 Å². The number of halogens is 1. The third-order valence-electron chi connectivity index (χ3n) is 3.89. The summed E-state index contributed by atoms with van der Waals surface area (Å²) in [5, 5.41) is 9.20. The van der Waals surface area contributed by atoms with Crippen LogP contribution < -0.4 is 10.6 Å². The van der Waals surface area contributed by atoms with Gasteiger partial charge < -0.3 is 15.2 Å². The van der Waals surface area contributed by atoms with E-state index in [-0.39, 0.29) is 12.2 Å². The molecule has 9 heteroatoms. The first-order chi connectivity index (χ1) is 13.9. The number of hydrogen-bond donors (Lipinski definition) is 2. The summed E-state index contributed by atoms with van der Waals surface area (Å²) in [6, 6.07) is 15.8. The molecule has 0 aliphatic heterocycles. The Hall–Kier alpha value is -2.97. The molecule has 0 bridgehead atoms. The molecule has 29 heavy (non-hydrogen) atoms. The van der Waals surface area contributed by atoms with Crippen LogP contribution >= 0.6 is 11.6 Å². The average Bonchev–Trinajstić information content (AvgIpc) is 3.19. The highest BCUT2D eigenvalue weighted by atomic mass is 35.5. The number of anilines is 1. The molecule has 1 aromatic heterocycles. The Balaban J connectivity index is 1.58. The van der Waals surface area contributed by atoms with Crippen LogP contribution in [0.2, 0.25) is 5.02 Å². The van der Waals surface area contributed by atoms with Gasteiger partial charge in [-0.25, -0.2) is 0 Å². The van der Waals surface area contributed by atoms with Crippen molar-refractivity contribution in [1.29, 1.82) is 0 Å². The zero-order chi connectivity index (χ0) is 20.8. The quantitative estimate of drug-likeness (QED) is 0.598. The maximum absolute atomic E-state index is 12.2. The van der Waals surface area contributed by atoms with Crippen LogP contribution in [0.3, 0.4) is 0 Å². The molecule has 7 nitrogen and oxygen atoms in total. The SMILES string of the molecule is CS(=O)Cc1ccc(Cl)c(NC(=O)CNC(=O)c2cc(-c3ccccc3)on2)c1. The highest BCUT2D eigenvalue weighted by Gasteiger charge is 2.15. The third kappa shape index (κ3) is 5.75. The van der Waals surface area contributed by atoms with Gasteiger partial charge in [0.2, 0.25) is 5.91 Å². The molecule has 0 saturated heterocycles. The molecule has 2 amide bonds. The third-order valence-corrected chi connectivity index (χ3v) is 4.95. The number of benzene rings is 2. The van der Waals surface area contributed by atoms with Crippen molar-refractivity contribution in [2.24, 2.45) is 0 Å². The van der Waals surface area contributed by atoms with E-state index in [2.05, 4.69) is 15.8 Å². The number of hydrogen-bond acceptors (Lipinski definition) is 5. The zero-order valence-corrected chi connectivity index (χ0v) is 17.0. The van der Waals surface area contributed by atoms with Crippen molar-refractivity contribution < 1.29 is 18.3 Å². The molecule has 2 aromatic carbocycles. The van der Waals surface area contributed by atoms with Crippen molar-refractivity contribution in [2.75, 3.05) is 18.1 Å². The second kappa shape index (κ2) is 9.49. The molecular formula is C20H18ClN3O4S. The largest absolute Gasteiger partial charge is 0.355 e. The van der Waals surface area contributed by atoms with E-state index in [0.717, 1.165) is 11.1 Å². The lowest BCUT2D eigenvalue weighted by Crippen LogP contribution is -2.33. The second-order valence-corrected chi connectivity index (χ2v) is 8.05. The van der Waals surface area contributed by atoms with Crippen LogP contribution in [0.4, 0.5) is 5.69 Å². The summed E-state index contributed by atoms with van der Waals surface area (Å²) in [7, 11) is -1.02. The highest BCUT2D eigenvalue weighted by Crippen LogP contribution is 2.23. The van der Waals surface area contributed by atoms with Crippen molar-refractivity contribution >= 4 is 39.9 Å². The van der Waals surface area contributed by atoms with Crippen LogP contribution in [-0.4, -0.2) is 34.0 Å². The summed E-state index contributed by atoms with van der Waals surface area (Å²) in [6.45, 7) is -0.271. The summed E-state index contributed by atoms with van der Waals surface area (Å²) in [6.07, 6.45) is 1.59. The molecule has 0 aliphatic rings. The number of rotatable bonds is 7. The molecule has 1 unspecified atom stereocenters. The first-order valence-corrected chi connectivity index (χ1v) is 10.7. The van der Waals surface area contributed by atoms with Crippen LogP contribution in [0.15, 0.2) is 59.1 Å². The molecule has 3 aromatic rings. The van der Waals surface area contributed by atoms with E-state index in [4.69, 9.17) is 16.1 Å². The summed E-state index contributed by atoms with van der Waals surface area (Å²) < 4.78 is 16.5. The molecule has 1 atom stereocenters. The average molecular weight is 432 g/mol. The maximum Gasteiger partial charge on any atom is 0.273 e. The number of nitrogens with zero attached hydrogens (tertiary/aromatic N) is 1. The Bertz CT molecular complexity index is 1050. The lowest BCUT2D eigenvalue weighted by Gasteiger charge is -2.09. The van der Waals surface area contributed by atoms with Crippen molar-refractivity contribution in [3.8, 4) is 11.3 Å². The molecule has 0 radical (unpaired) electrons. The standard InChI is InChI=1S/C20H18ClN3O4S/c1-29(27)12-13-7-8-15(21)16(9-13)23-19(25)11-22-20(26)17-10-18(28-24-17)14-5-3-2-4-6-14/h2-10H,11-12H2,1H3,(H,22,26)(H,23,25). The Morgan fingerprint density at radius 1 is 1.14 bits per heavy atom. The summed E-state index contributed by atoms with van der Waals surface area (Å²) in [5.74, 6) is -0.182. The smallest absolute Gasteiger partial charge is 0.273 e. The molecule has 0 spiro atoms. The molecule has 0 saturated carbocycles. The van der Waals surface area contributed by atoms with Gasteiger partial charge in [-0.1, -0.05) is 53.2 Å². The number of nitrogens with one attached hydrogen (secondary N) is 2. The van der Waals surface area contributed by atoms with Crippen LogP contribution in [0, 0.1) is 0 Å². The minimum atomic E-state index is -1.02. The number of carbonyl (C=O) groups is 2. The molecule has 1 heterocycles. The summed E-state index contributed by atoms with van der Waals surface area (Å²) in [5.41, 5.74) is 2.04. The lowest BCUT2D eigenvalue weighted by molar-refractivity contribution is -0.115. The van der Waals surface area contributed by atoms with Gasteiger partial charge in [0.05, 0.1) is 17.3 Å². The van der Waals surface area contributed by atoms with Crippen molar-refractivity contribution in [2.45, 2.75) is 5.75 Å². The minimum absolute atomic E-state index is 0.0714. The Morgan fingerprint density at radius 3 is 2.62 bits per heavy atom. The Morgan fingerprint density at radius 2 is 1.90 bits per heavy atom. The number of amides is 2. The van der Waals surface area contributed by atoms with Crippen LogP contribution in [0.5, 0.6) is 0 Å². The number of carbonyl (C=O) groups excluding carboxylic acids is 2. The maximum atomic E-state index is 12.2. The van der Waals surface area contributed by atoms with Crippen molar-refractivity contribution in [3.05, 3.63) is 70.9 Å². The molecule has 150 valence electrons. The Labute approximate surface area is 174 Å². The molecular weight excluding hydrogens is 414 g/mol. The fraction of sp³-hybridized carbons (Fsp3) is 0.150. The van der Waals surface area contributed by atoms with E-state index in [1.54, 1.807) is 24.5 Å². The molecule has 3 rings (SSSR count). The predicted octanol–water partition coefficient (Wildman–Crippen LogP) is 3.24. The van der Waals surface area contributed by atoms with E-state index in [1.807, 2.05) is 30.3 Å². The summed E-state index contributed by atoms with van der Waals surface area (Å²) >= 11 is 6.10. The van der Waals surface area contributed by atoms with Crippen molar-refractivity contribution in [1.82, 2.24) is 10.5 Å². The molecule has 0 fully saturated rings. The highest BCUT2D eigenvalue weighted by molar-refractivity contribution is 7.83. The van der Waals surface area contributed by atoms with Gasteiger partial charge in [-0.05, 0) is 17.7 Å². The van der Waals surface area contributed by atoms with E-state index in [1.165, 1.54) is 6.07 Å². The first-order valence-electron chi connectivity index (χ1n) is 8.61. The molecule has 0 aliphatic carbocycles. The normalized spacial score (nSPS) is 11.7. The van der Waals surface area contributed by atoms with Gasteiger partial charge in [0, 0.05) is 34.4 Å². The lowest BCUT2D eigenvalue weighted by atomic mass is 10.1. The van der Waals surface area contributed by atoms with E-state index in [9.17, 15) is 13.8 Å². The Kier molecular flexibility index (Phi) is 6.79.